The molecule has 1 aliphatic rings. The number of aryl methyl sites for hydroxylation is 1. The number of sulfone groups is 1. The van der Waals surface area contributed by atoms with Crippen LogP contribution in [0.3, 0.4) is 0 Å². The van der Waals surface area contributed by atoms with E-state index in [0.29, 0.717) is 16.1 Å². The first kappa shape index (κ1) is 18.3. The van der Waals surface area contributed by atoms with Gasteiger partial charge in [-0.1, -0.05) is 17.7 Å². The van der Waals surface area contributed by atoms with Crippen LogP contribution in [0.1, 0.15) is 24.0 Å². The largest absolute Gasteiger partial charge is 0.368 e. The number of hydrogen-bond donors (Lipinski definition) is 1. The highest BCUT2D eigenvalue weighted by atomic mass is 35.5. The van der Waals surface area contributed by atoms with Crippen molar-refractivity contribution in [2.24, 2.45) is 0 Å². The molecule has 0 saturated carbocycles. The van der Waals surface area contributed by atoms with Crippen LogP contribution in [0.15, 0.2) is 47.4 Å². The van der Waals surface area contributed by atoms with Gasteiger partial charge in [-0.3, -0.25) is 0 Å². The molecule has 0 aromatic heterocycles. The zero-order valence-electron chi connectivity index (χ0n) is 13.6. The number of aliphatic hydroxyl groups is 1. The predicted octanol–water partition coefficient (Wildman–Crippen LogP) is 3.59. The average Bonchev–Trinajstić information content (AvgIpc) is 2.57. The Bertz CT molecular complexity index is 882. The molecular weight excluding hydrogens is 367 g/mol. The van der Waals surface area contributed by atoms with Gasteiger partial charge in [-0.15, -0.1) is 0 Å². The third-order valence-corrected chi connectivity index (χ3v) is 7.41. The maximum atomic E-state index is 13.9. The maximum Gasteiger partial charge on any atom is 0.188 e. The Kier molecular flexibility index (Phi) is 4.90. The Labute approximate surface area is 151 Å². The minimum Gasteiger partial charge on any atom is -0.368 e. The topological polar surface area (TPSA) is 63.6 Å². The standard InChI is InChI=1S/C18H18ClFO4S/c1-12-2-5-14(20)10-16(12)18(8-9-24-17(21)11-18)25(22,23)15-6-3-13(19)4-7-15/h2-7,10,17,21H,8-9,11H2,1H3/t17?,18-/m0/s1. The fourth-order valence-electron chi connectivity index (χ4n) is 3.36. The van der Waals surface area contributed by atoms with Crippen LogP contribution in [0.25, 0.3) is 0 Å². The lowest BCUT2D eigenvalue weighted by Crippen LogP contribution is -2.45. The SMILES string of the molecule is Cc1ccc(F)cc1[C@]1(S(=O)(=O)c2ccc(Cl)cc2)CCOC(O)C1. The fraction of sp³-hybridized carbons (Fsp3) is 0.333. The lowest BCUT2D eigenvalue weighted by Gasteiger charge is -2.40. The molecule has 1 aliphatic heterocycles. The van der Waals surface area contributed by atoms with Crippen molar-refractivity contribution in [1.29, 1.82) is 0 Å². The monoisotopic (exact) mass is 384 g/mol. The molecule has 134 valence electrons. The van der Waals surface area contributed by atoms with Gasteiger partial charge in [0.25, 0.3) is 0 Å². The van der Waals surface area contributed by atoms with Gasteiger partial charge in [0, 0.05) is 11.4 Å². The zero-order valence-corrected chi connectivity index (χ0v) is 15.1. The third kappa shape index (κ3) is 3.19. The molecule has 0 radical (unpaired) electrons. The lowest BCUT2D eigenvalue weighted by molar-refractivity contribution is -0.134. The quantitative estimate of drug-likeness (QED) is 0.878. The summed E-state index contributed by atoms with van der Waals surface area (Å²) >= 11 is 5.86. The number of halogens is 2. The van der Waals surface area contributed by atoms with Crippen molar-refractivity contribution in [2.75, 3.05) is 6.61 Å². The molecule has 3 rings (SSSR count). The van der Waals surface area contributed by atoms with E-state index >= 15 is 0 Å². The summed E-state index contributed by atoms with van der Waals surface area (Å²) in [4.78, 5) is 0.0784. The van der Waals surface area contributed by atoms with Crippen molar-refractivity contribution in [3.05, 3.63) is 64.4 Å². The molecule has 0 aliphatic carbocycles. The molecule has 2 atom stereocenters. The molecule has 2 aromatic carbocycles. The fourth-order valence-corrected chi connectivity index (χ4v) is 5.66. The van der Waals surface area contributed by atoms with Crippen molar-refractivity contribution in [1.82, 2.24) is 0 Å². The molecule has 25 heavy (non-hydrogen) atoms. The predicted molar refractivity (Wildman–Crippen MR) is 92.6 cm³/mol. The van der Waals surface area contributed by atoms with E-state index in [4.69, 9.17) is 16.3 Å². The van der Waals surface area contributed by atoms with Crippen LogP contribution in [-0.2, 0) is 19.3 Å². The molecule has 0 bridgehead atoms. The van der Waals surface area contributed by atoms with Crippen LogP contribution in [0, 0.1) is 12.7 Å². The van der Waals surface area contributed by atoms with Crippen molar-refractivity contribution >= 4 is 21.4 Å². The van der Waals surface area contributed by atoms with Crippen molar-refractivity contribution in [3.63, 3.8) is 0 Å². The van der Waals surface area contributed by atoms with Crippen LogP contribution in [0.5, 0.6) is 0 Å². The highest BCUT2D eigenvalue weighted by molar-refractivity contribution is 7.92. The molecule has 0 spiro atoms. The van der Waals surface area contributed by atoms with Crippen LogP contribution in [0.2, 0.25) is 5.02 Å². The lowest BCUT2D eigenvalue weighted by atomic mass is 9.87. The summed E-state index contributed by atoms with van der Waals surface area (Å²) in [5, 5.41) is 10.4. The Morgan fingerprint density at radius 2 is 1.92 bits per heavy atom. The van der Waals surface area contributed by atoms with Gasteiger partial charge in [-0.2, -0.15) is 0 Å². The molecule has 1 fully saturated rings. The summed E-state index contributed by atoms with van der Waals surface area (Å²) in [5.41, 5.74) is 0.998. The summed E-state index contributed by atoms with van der Waals surface area (Å²) in [6.45, 7) is 1.79. The van der Waals surface area contributed by atoms with Crippen LogP contribution in [-0.4, -0.2) is 26.4 Å². The summed E-state index contributed by atoms with van der Waals surface area (Å²) < 4.78 is 44.6. The van der Waals surface area contributed by atoms with Gasteiger partial charge in [0.15, 0.2) is 16.1 Å². The van der Waals surface area contributed by atoms with Crippen molar-refractivity contribution in [3.8, 4) is 0 Å². The second-order valence-corrected chi connectivity index (χ2v) is 8.89. The van der Waals surface area contributed by atoms with Gasteiger partial charge in [0.05, 0.1) is 11.5 Å². The molecule has 1 N–H and O–H groups in total. The van der Waals surface area contributed by atoms with Crippen molar-refractivity contribution < 1.29 is 22.7 Å². The molecule has 0 amide bonds. The molecule has 7 heteroatoms. The smallest absolute Gasteiger partial charge is 0.188 e. The van der Waals surface area contributed by atoms with E-state index in [1.54, 1.807) is 13.0 Å². The highest BCUT2D eigenvalue weighted by Gasteiger charge is 2.50. The Balaban J connectivity index is 2.25. The third-order valence-electron chi connectivity index (χ3n) is 4.65. The number of benzene rings is 2. The Hall–Kier alpha value is -1.47. The second kappa shape index (κ2) is 6.68. The molecule has 1 heterocycles. The van der Waals surface area contributed by atoms with E-state index in [9.17, 15) is 17.9 Å². The van der Waals surface area contributed by atoms with Crippen LogP contribution >= 0.6 is 11.6 Å². The van der Waals surface area contributed by atoms with E-state index in [0.717, 1.165) is 0 Å². The number of ether oxygens (including phenoxy) is 1. The minimum absolute atomic E-state index is 0.0595. The number of aliphatic hydroxyl groups excluding tert-OH is 1. The van der Waals surface area contributed by atoms with E-state index in [1.165, 1.54) is 36.4 Å². The van der Waals surface area contributed by atoms with E-state index in [1.807, 2.05) is 0 Å². The number of hydrogen-bond acceptors (Lipinski definition) is 4. The number of rotatable bonds is 3. The summed E-state index contributed by atoms with van der Waals surface area (Å²) in [5.74, 6) is -0.521. The summed E-state index contributed by atoms with van der Waals surface area (Å²) in [6, 6.07) is 9.92. The first-order chi connectivity index (χ1) is 11.8. The normalized spacial score (nSPS) is 24.2. The minimum atomic E-state index is -3.93. The van der Waals surface area contributed by atoms with E-state index in [2.05, 4.69) is 0 Å². The first-order valence-corrected chi connectivity index (χ1v) is 9.69. The summed E-state index contributed by atoms with van der Waals surface area (Å²) in [7, 11) is -3.93. The van der Waals surface area contributed by atoms with Gasteiger partial charge < -0.3 is 9.84 Å². The van der Waals surface area contributed by atoms with Gasteiger partial charge >= 0.3 is 0 Å². The Morgan fingerprint density at radius 3 is 2.56 bits per heavy atom. The molecule has 2 aromatic rings. The average molecular weight is 385 g/mol. The van der Waals surface area contributed by atoms with Crippen LogP contribution in [0.4, 0.5) is 4.39 Å². The molecular formula is C18H18ClFO4S. The summed E-state index contributed by atoms with van der Waals surface area (Å²) in [6.07, 6.45) is -1.28. The molecule has 4 nitrogen and oxygen atoms in total. The van der Waals surface area contributed by atoms with E-state index < -0.39 is 26.7 Å². The zero-order chi connectivity index (χ0) is 18.2. The second-order valence-electron chi connectivity index (χ2n) is 6.19. The van der Waals surface area contributed by atoms with Gasteiger partial charge in [-0.05, 0) is 60.9 Å². The first-order valence-electron chi connectivity index (χ1n) is 7.83. The molecule has 1 saturated heterocycles. The van der Waals surface area contributed by atoms with Gasteiger partial charge in [0.1, 0.15) is 10.6 Å². The van der Waals surface area contributed by atoms with Gasteiger partial charge in [0.2, 0.25) is 0 Å². The maximum absolute atomic E-state index is 13.9. The highest BCUT2D eigenvalue weighted by Crippen LogP contribution is 2.46. The van der Waals surface area contributed by atoms with Gasteiger partial charge in [-0.25, -0.2) is 12.8 Å². The molecule has 1 unspecified atom stereocenters. The van der Waals surface area contributed by atoms with Crippen molar-refractivity contribution in [2.45, 2.75) is 35.7 Å². The van der Waals surface area contributed by atoms with Crippen LogP contribution < -0.4 is 0 Å². The Morgan fingerprint density at radius 1 is 1.24 bits per heavy atom. The van der Waals surface area contributed by atoms with E-state index in [-0.39, 0.29) is 24.3 Å².